The first-order valence-corrected chi connectivity index (χ1v) is 6.19. The Morgan fingerprint density at radius 3 is 2.71 bits per heavy atom. The van der Waals surface area contributed by atoms with Crippen LogP contribution < -0.4 is 11.1 Å². The number of hydrogen-bond donors (Lipinski definition) is 2. The lowest BCUT2D eigenvalue weighted by Crippen LogP contribution is -2.01. The smallest absolute Gasteiger partial charge is 0.187 e. The van der Waals surface area contributed by atoms with Gasteiger partial charge in [-0.15, -0.1) is 11.3 Å². The van der Waals surface area contributed by atoms with E-state index >= 15 is 0 Å². The molecule has 2 rings (SSSR count). The largest absolute Gasteiger partial charge is 0.332 e. The lowest BCUT2D eigenvalue weighted by molar-refractivity contribution is 0.628. The van der Waals surface area contributed by atoms with Gasteiger partial charge in [-0.3, -0.25) is 0 Å². The standard InChI is InChI=1S/C12H14FN3S/c1-8-11(6-7-14)17-12(15-8)16-10-4-2-9(13)3-5-10/h2-5H,6-7,14H2,1H3,(H,15,16). The van der Waals surface area contributed by atoms with Crippen LogP contribution in [0.1, 0.15) is 10.6 Å². The van der Waals surface area contributed by atoms with E-state index in [-0.39, 0.29) is 5.82 Å². The average Bonchev–Trinajstić information content (AvgIpc) is 2.63. The maximum Gasteiger partial charge on any atom is 0.187 e. The van der Waals surface area contributed by atoms with E-state index in [9.17, 15) is 4.39 Å². The number of aromatic nitrogens is 1. The summed E-state index contributed by atoms with van der Waals surface area (Å²) in [5.41, 5.74) is 7.36. The molecule has 2 aromatic rings. The summed E-state index contributed by atoms with van der Waals surface area (Å²) >= 11 is 1.59. The Labute approximate surface area is 103 Å². The summed E-state index contributed by atoms with van der Waals surface area (Å²) in [5.74, 6) is -0.241. The van der Waals surface area contributed by atoms with Crippen molar-refractivity contribution >= 4 is 22.2 Å². The lowest BCUT2D eigenvalue weighted by atomic mass is 10.3. The van der Waals surface area contributed by atoms with Gasteiger partial charge < -0.3 is 11.1 Å². The summed E-state index contributed by atoms with van der Waals surface area (Å²) in [6.07, 6.45) is 0.842. The van der Waals surface area contributed by atoms with Crippen LogP contribution in [0.25, 0.3) is 0 Å². The second-order valence-electron chi connectivity index (χ2n) is 3.70. The normalized spacial score (nSPS) is 10.5. The third-order valence-corrected chi connectivity index (χ3v) is 3.49. The third-order valence-electron chi connectivity index (χ3n) is 2.36. The number of aryl methyl sites for hydroxylation is 1. The highest BCUT2D eigenvalue weighted by molar-refractivity contribution is 7.15. The molecule has 3 nitrogen and oxygen atoms in total. The predicted molar refractivity (Wildman–Crippen MR) is 69.3 cm³/mol. The van der Waals surface area contributed by atoms with E-state index in [1.165, 1.54) is 17.0 Å². The monoisotopic (exact) mass is 251 g/mol. The molecule has 0 bridgehead atoms. The molecule has 0 aliphatic rings. The molecular weight excluding hydrogens is 237 g/mol. The van der Waals surface area contributed by atoms with E-state index in [0.29, 0.717) is 6.54 Å². The summed E-state index contributed by atoms with van der Waals surface area (Å²) in [6.45, 7) is 2.59. The van der Waals surface area contributed by atoms with E-state index in [4.69, 9.17) is 5.73 Å². The van der Waals surface area contributed by atoms with E-state index in [2.05, 4.69) is 10.3 Å². The highest BCUT2D eigenvalue weighted by Crippen LogP contribution is 2.25. The van der Waals surface area contributed by atoms with Crippen molar-refractivity contribution < 1.29 is 4.39 Å². The first kappa shape index (κ1) is 12.0. The maximum absolute atomic E-state index is 12.7. The van der Waals surface area contributed by atoms with Crippen molar-refractivity contribution in [2.45, 2.75) is 13.3 Å². The molecule has 0 fully saturated rings. The van der Waals surface area contributed by atoms with Crippen molar-refractivity contribution in [3.05, 3.63) is 40.7 Å². The molecule has 1 aromatic carbocycles. The highest BCUT2D eigenvalue weighted by atomic mass is 32.1. The molecule has 0 radical (unpaired) electrons. The second kappa shape index (κ2) is 5.25. The molecule has 0 spiro atoms. The van der Waals surface area contributed by atoms with E-state index in [1.807, 2.05) is 6.92 Å². The molecule has 0 saturated heterocycles. The number of nitrogens with two attached hydrogens (primary N) is 1. The number of halogens is 1. The molecule has 1 heterocycles. The van der Waals surface area contributed by atoms with Crippen molar-refractivity contribution in [3.8, 4) is 0 Å². The van der Waals surface area contributed by atoms with Gasteiger partial charge in [0.05, 0.1) is 5.69 Å². The Kier molecular flexibility index (Phi) is 3.71. The van der Waals surface area contributed by atoms with Gasteiger partial charge in [0, 0.05) is 10.6 Å². The van der Waals surface area contributed by atoms with Gasteiger partial charge in [-0.25, -0.2) is 9.37 Å². The van der Waals surface area contributed by atoms with Gasteiger partial charge in [0.2, 0.25) is 0 Å². The van der Waals surface area contributed by atoms with Gasteiger partial charge in [-0.2, -0.15) is 0 Å². The van der Waals surface area contributed by atoms with Gasteiger partial charge in [0.15, 0.2) is 5.13 Å². The van der Waals surface area contributed by atoms with Gasteiger partial charge in [-0.05, 0) is 44.2 Å². The van der Waals surface area contributed by atoms with E-state index in [0.717, 1.165) is 22.9 Å². The first-order valence-electron chi connectivity index (χ1n) is 5.38. The number of nitrogens with zero attached hydrogens (tertiary/aromatic N) is 1. The minimum atomic E-state index is -0.241. The van der Waals surface area contributed by atoms with Gasteiger partial charge in [-0.1, -0.05) is 0 Å². The SMILES string of the molecule is Cc1nc(Nc2ccc(F)cc2)sc1CCN. The van der Waals surface area contributed by atoms with Gasteiger partial charge in [0.25, 0.3) is 0 Å². The molecule has 3 N–H and O–H groups in total. The van der Waals surface area contributed by atoms with Crippen LogP contribution in [0.5, 0.6) is 0 Å². The van der Waals surface area contributed by atoms with Crippen molar-refractivity contribution in [1.29, 1.82) is 0 Å². The quantitative estimate of drug-likeness (QED) is 0.878. The molecule has 17 heavy (non-hydrogen) atoms. The average molecular weight is 251 g/mol. The molecule has 0 saturated carbocycles. The predicted octanol–water partition coefficient (Wildman–Crippen LogP) is 2.84. The lowest BCUT2D eigenvalue weighted by Gasteiger charge is -2.01. The minimum absolute atomic E-state index is 0.241. The molecule has 1 aromatic heterocycles. The maximum atomic E-state index is 12.7. The molecule has 90 valence electrons. The number of hydrogen-bond acceptors (Lipinski definition) is 4. The Hall–Kier alpha value is -1.46. The molecule has 5 heteroatoms. The van der Waals surface area contributed by atoms with E-state index in [1.54, 1.807) is 23.5 Å². The molecule has 0 atom stereocenters. The zero-order valence-electron chi connectivity index (χ0n) is 9.53. The van der Waals surface area contributed by atoms with Crippen molar-refractivity contribution in [3.63, 3.8) is 0 Å². The van der Waals surface area contributed by atoms with Crippen LogP contribution in [0.2, 0.25) is 0 Å². The second-order valence-corrected chi connectivity index (χ2v) is 4.78. The zero-order chi connectivity index (χ0) is 12.3. The Bertz CT molecular complexity index is 493. The molecule has 0 amide bonds. The molecule has 0 unspecified atom stereocenters. The minimum Gasteiger partial charge on any atom is -0.332 e. The van der Waals surface area contributed by atoms with Crippen LogP contribution >= 0.6 is 11.3 Å². The Morgan fingerprint density at radius 1 is 1.35 bits per heavy atom. The molecular formula is C12H14FN3S. The fourth-order valence-corrected chi connectivity index (χ4v) is 2.50. The van der Waals surface area contributed by atoms with Crippen LogP contribution in [0.15, 0.2) is 24.3 Å². The summed E-state index contributed by atoms with van der Waals surface area (Å²) in [6, 6.07) is 6.22. The Morgan fingerprint density at radius 2 is 2.06 bits per heavy atom. The summed E-state index contributed by atoms with van der Waals surface area (Å²) in [5, 5.41) is 3.97. The van der Waals surface area contributed by atoms with Crippen molar-refractivity contribution in [2.24, 2.45) is 5.73 Å². The zero-order valence-corrected chi connectivity index (χ0v) is 10.4. The topological polar surface area (TPSA) is 50.9 Å². The number of anilines is 2. The fraction of sp³-hybridized carbons (Fsp3) is 0.250. The van der Waals surface area contributed by atoms with Gasteiger partial charge >= 0.3 is 0 Å². The summed E-state index contributed by atoms with van der Waals surface area (Å²) in [4.78, 5) is 5.60. The summed E-state index contributed by atoms with van der Waals surface area (Å²) in [7, 11) is 0. The van der Waals surface area contributed by atoms with E-state index < -0.39 is 0 Å². The number of thiazole rings is 1. The van der Waals surface area contributed by atoms with Crippen LogP contribution in [0.3, 0.4) is 0 Å². The van der Waals surface area contributed by atoms with Crippen molar-refractivity contribution in [2.75, 3.05) is 11.9 Å². The highest BCUT2D eigenvalue weighted by Gasteiger charge is 2.06. The van der Waals surface area contributed by atoms with Crippen LogP contribution in [-0.2, 0) is 6.42 Å². The van der Waals surface area contributed by atoms with Crippen LogP contribution in [0.4, 0.5) is 15.2 Å². The Balaban J connectivity index is 2.13. The van der Waals surface area contributed by atoms with Crippen LogP contribution in [-0.4, -0.2) is 11.5 Å². The van der Waals surface area contributed by atoms with Gasteiger partial charge in [0.1, 0.15) is 5.82 Å². The van der Waals surface area contributed by atoms with Crippen molar-refractivity contribution in [1.82, 2.24) is 4.98 Å². The first-order chi connectivity index (χ1) is 8.19. The molecule has 0 aliphatic carbocycles. The molecule has 0 aliphatic heterocycles. The number of rotatable bonds is 4. The van der Waals surface area contributed by atoms with Crippen LogP contribution in [0, 0.1) is 12.7 Å². The number of benzene rings is 1. The summed E-state index contributed by atoms with van der Waals surface area (Å²) < 4.78 is 12.7. The third kappa shape index (κ3) is 3.01. The number of nitrogens with one attached hydrogen (secondary N) is 1. The fourth-order valence-electron chi connectivity index (χ4n) is 1.50.